The third kappa shape index (κ3) is 4.15. The van der Waals surface area contributed by atoms with E-state index in [0.29, 0.717) is 17.1 Å². The molecule has 0 amide bonds. The summed E-state index contributed by atoms with van der Waals surface area (Å²) in [7, 11) is 1.30. The van der Waals surface area contributed by atoms with Crippen molar-refractivity contribution in [3.63, 3.8) is 0 Å². The van der Waals surface area contributed by atoms with E-state index in [9.17, 15) is 19.3 Å². The van der Waals surface area contributed by atoms with Crippen molar-refractivity contribution >= 4 is 29.4 Å². The molecule has 0 aliphatic heterocycles. The molecule has 0 radical (unpaired) electrons. The topological polar surface area (TPSA) is 122 Å². The number of ether oxygens (including phenoxy) is 1. The van der Waals surface area contributed by atoms with E-state index in [2.05, 4.69) is 4.98 Å². The Morgan fingerprint density at radius 2 is 2.13 bits per heavy atom. The molecule has 1 aromatic carbocycles. The zero-order chi connectivity index (χ0) is 21.8. The number of nitrogens with one attached hydrogen (secondary N) is 1. The highest BCUT2D eigenvalue weighted by Crippen LogP contribution is 2.29. The van der Waals surface area contributed by atoms with Crippen molar-refractivity contribution in [2.75, 3.05) is 7.11 Å². The van der Waals surface area contributed by atoms with Gasteiger partial charge in [0.1, 0.15) is 34.7 Å². The van der Waals surface area contributed by atoms with E-state index in [-0.39, 0.29) is 28.5 Å². The lowest BCUT2D eigenvalue weighted by atomic mass is 10.1. The zero-order valence-corrected chi connectivity index (χ0v) is 16.2. The van der Waals surface area contributed by atoms with Gasteiger partial charge in [0.25, 0.3) is 11.2 Å². The maximum atomic E-state index is 13.3. The largest absolute Gasteiger partial charge is 0.457 e. The highest BCUT2D eigenvalue weighted by molar-refractivity contribution is 6.31. The second-order valence-electron chi connectivity index (χ2n) is 6.04. The molecule has 30 heavy (non-hydrogen) atoms. The molecule has 0 saturated heterocycles. The lowest BCUT2D eigenvalue weighted by molar-refractivity contribution is -0.386. The Labute approximate surface area is 173 Å². The number of halogens is 2. The van der Waals surface area contributed by atoms with Crippen LogP contribution in [-0.4, -0.2) is 17.0 Å². The zero-order valence-electron chi connectivity index (χ0n) is 15.4. The Bertz CT molecular complexity index is 1260. The molecular weight excluding hydrogens is 417 g/mol. The summed E-state index contributed by atoms with van der Waals surface area (Å²) in [6, 6.07) is 8.98. The number of nitrogens with zero attached hydrogens (tertiary/aromatic N) is 2. The predicted octanol–water partition coefficient (Wildman–Crippen LogP) is 4.52. The van der Waals surface area contributed by atoms with Gasteiger partial charge >= 0.3 is 0 Å². The quantitative estimate of drug-likeness (QED) is 0.454. The van der Waals surface area contributed by atoms with E-state index in [1.807, 2.05) is 0 Å². The fourth-order valence-corrected chi connectivity index (χ4v) is 2.99. The number of nitriles is 1. The molecular formula is C20H13ClFN3O5. The van der Waals surface area contributed by atoms with Crippen LogP contribution in [0.15, 0.2) is 39.5 Å². The van der Waals surface area contributed by atoms with E-state index in [1.165, 1.54) is 37.5 Å². The van der Waals surface area contributed by atoms with Crippen LogP contribution >= 0.6 is 11.6 Å². The first-order valence-corrected chi connectivity index (χ1v) is 8.79. The second-order valence-corrected chi connectivity index (χ2v) is 6.44. The Kier molecular flexibility index (Phi) is 6.11. The number of aromatic nitrogens is 1. The first-order valence-electron chi connectivity index (χ1n) is 8.41. The Hall–Kier alpha value is -3.74. The maximum Gasteiger partial charge on any atom is 0.299 e. The summed E-state index contributed by atoms with van der Waals surface area (Å²) in [5.74, 6) is 0.161. The number of H-pyrrole nitrogens is 1. The van der Waals surface area contributed by atoms with Crippen LogP contribution in [0.3, 0.4) is 0 Å². The third-order valence-corrected chi connectivity index (χ3v) is 4.44. The highest BCUT2D eigenvalue weighted by Gasteiger charge is 2.25. The molecule has 8 nitrogen and oxygen atoms in total. The number of nitro groups is 1. The van der Waals surface area contributed by atoms with Crippen LogP contribution in [0.5, 0.6) is 0 Å². The summed E-state index contributed by atoms with van der Waals surface area (Å²) < 4.78 is 23.9. The smallest absolute Gasteiger partial charge is 0.299 e. The Morgan fingerprint density at radius 1 is 1.37 bits per heavy atom. The van der Waals surface area contributed by atoms with E-state index >= 15 is 0 Å². The lowest BCUT2D eigenvalue weighted by Gasteiger charge is -2.06. The normalized spacial score (nSPS) is 11.0. The van der Waals surface area contributed by atoms with Crippen LogP contribution in [0.2, 0.25) is 5.02 Å². The van der Waals surface area contributed by atoms with Gasteiger partial charge in [0.15, 0.2) is 0 Å². The van der Waals surface area contributed by atoms with Crippen LogP contribution in [0.4, 0.5) is 10.1 Å². The van der Waals surface area contributed by atoms with Crippen molar-refractivity contribution < 1.29 is 18.5 Å². The number of aromatic amines is 1. The van der Waals surface area contributed by atoms with Gasteiger partial charge in [-0.2, -0.15) is 5.26 Å². The van der Waals surface area contributed by atoms with Gasteiger partial charge in [-0.25, -0.2) is 4.39 Å². The van der Waals surface area contributed by atoms with Gasteiger partial charge in [-0.15, -0.1) is 0 Å². The minimum atomic E-state index is -0.768. The molecule has 3 rings (SSSR count). The molecule has 0 spiro atoms. The first kappa shape index (κ1) is 21.0. The minimum Gasteiger partial charge on any atom is -0.457 e. The third-order valence-electron chi connectivity index (χ3n) is 4.15. The average molecular weight is 430 g/mol. The van der Waals surface area contributed by atoms with Crippen LogP contribution in [-0.2, 0) is 11.3 Å². The summed E-state index contributed by atoms with van der Waals surface area (Å²) in [5, 5.41) is 20.7. The van der Waals surface area contributed by atoms with Crippen LogP contribution in [0.1, 0.15) is 22.6 Å². The number of pyridine rings is 1. The SMILES string of the molecule is COCc1c([N+](=O)[O-])c(C=Cc2ccc(-c3ccc(F)c(Cl)c3)o2)[nH]c(=O)c1C#N. The summed E-state index contributed by atoms with van der Waals surface area (Å²) in [4.78, 5) is 25.4. The maximum absolute atomic E-state index is 13.3. The molecule has 0 aliphatic rings. The van der Waals surface area contributed by atoms with E-state index < -0.39 is 22.0 Å². The molecule has 10 heteroatoms. The van der Waals surface area contributed by atoms with Crippen molar-refractivity contribution in [1.82, 2.24) is 4.98 Å². The van der Waals surface area contributed by atoms with Crippen molar-refractivity contribution in [2.24, 2.45) is 0 Å². The van der Waals surface area contributed by atoms with Crippen LogP contribution in [0.25, 0.3) is 23.5 Å². The number of rotatable bonds is 6. The van der Waals surface area contributed by atoms with Crippen molar-refractivity contribution in [1.29, 1.82) is 5.26 Å². The number of hydrogen-bond donors (Lipinski definition) is 1. The summed E-state index contributed by atoms with van der Waals surface area (Å²) in [5.41, 5.74) is -1.28. The molecule has 2 aromatic heterocycles. The van der Waals surface area contributed by atoms with Gasteiger partial charge in [0, 0.05) is 12.7 Å². The molecule has 2 heterocycles. The number of furan rings is 1. The van der Waals surface area contributed by atoms with Gasteiger partial charge in [0.2, 0.25) is 0 Å². The standard InChI is InChI=1S/C20H13ClFN3O5/c1-29-10-14-13(9-23)20(26)24-17(19(14)25(27)28)6-3-12-4-7-18(30-12)11-2-5-16(22)15(21)8-11/h2-8H,10H2,1H3,(H,24,26). The van der Waals surface area contributed by atoms with E-state index in [1.54, 1.807) is 18.2 Å². The predicted molar refractivity (Wildman–Crippen MR) is 107 cm³/mol. The van der Waals surface area contributed by atoms with Gasteiger partial charge in [0.05, 0.1) is 22.1 Å². The summed E-state index contributed by atoms with van der Waals surface area (Å²) in [6.07, 6.45) is 2.70. The second kappa shape index (κ2) is 8.73. The molecule has 0 atom stereocenters. The van der Waals surface area contributed by atoms with Crippen molar-refractivity contribution in [3.05, 3.63) is 84.2 Å². The molecule has 0 fully saturated rings. The number of methoxy groups -OCH3 is 1. The van der Waals surface area contributed by atoms with Gasteiger partial charge in [-0.3, -0.25) is 14.9 Å². The minimum absolute atomic E-state index is 0.0579. The van der Waals surface area contributed by atoms with Gasteiger partial charge in [-0.1, -0.05) is 11.6 Å². The number of benzene rings is 1. The lowest BCUT2D eigenvalue weighted by Crippen LogP contribution is -2.18. The van der Waals surface area contributed by atoms with Crippen molar-refractivity contribution in [2.45, 2.75) is 6.61 Å². The molecule has 0 saturated carbocycles. The van der Waals surface area contributed by atoms with Gasteiger partial charge in [-0.05, 0) is 42.5 Å². The Balaban J connectivity index is 2.01. The average Bonchev–Trinajstić information content (AvgIpc) is 3.17. The fraction of sp³-hybridized carbons (Fsp3) is 0.100. The molecule has 0 bridgehead atoms. The molecule has 152 valence electrons. The summed E-state index contributed by atoms with van der Waals surface area (Å²) in [6.45, 7) is -0.278. The van der Waals surface area contributed by atoms with E-state index in [0.717, 1.165) is 0 Å². The Morgan fingerprint density at radius 3 is 2.77 bits per heavy atom. The summed E-state index contributed by atoms with van der Waals surface area (Å²) >= 11 is 5.78. The first-order chi connectivity index (χ1) is 14.3. The monoisotopic (exact) mass is 429 g/mol. The highest BCUT2D eigenvalue weighted by atomic mass is 35.5. The molecule has 0 unspecified atom stereocenters. The number of hydrogen-bond acceptors (Lipinski definition) is 6. The van der Waals surface area contributed by atoms with Gasteiger partial charge < -0.3 is 14.1 Å². The molecule has 3 aromatic rings. The fourth-order valence-electron chi connectivity index (χ4n) is 2.81. The molecule has 0 aliphatic carbocycles. The molecule has 1 N–H and O–H groups in total. The van der Waals surface area contributed by atoms with Crippen LogP contribution in [0, 0.1) is 27.3 Å². The van der Waals surface area contributed by atoms with Crippen molar-refractivity contribution in [3.8, 4) is 17.4 Å². The van der Waals surface area contributed by atoms with E-state index in [4.69, 9.17) is 26.0 Å². The van der Waals surface area contributed by atoms with Crippen LogP contribution < -0.4 is 5.56 Å².